The van der Waals surface area contributed by atoms with E-state index in [0.717, 1.165) is 0 Å². The molecule has 0 unspecified atom stereocenters. The van der Waals surface area contributed by atoms with E-state index in [-0.39, 0.29) is 20.1 Å². The van der Waals surface area contributed by atoms with E-state index in [1.54, 1.807) is 18.2 Å². The Morgan fingerprint density at radius 2 is 1.16 bits per heavy atom. The van der Waals surface area contributed by atoms with Crippen LogP contribution in [0.15, 0.2) is 23.1 Å². The number of thiol groups is 1. The molecule has 0 amide bonds. The summed E-state index contributed by atoms with van der Waals surface area (Å²) in [5.41, 5.74) is 0.910. The van der Waals surface area contributed by atoms with Crippen molar-refractivity contribution in [1.82, 2.24) is 0 Å². The SMILES string of the molecule is Sc1c(Cl)c(Cl)c(Cl)c(-c2c(Cl)cccc2Cl)c1Cl. The molecule has 0 saturated carbocycles. The molecule has 0 bridgehead atoms. The predicted molar refractivity (Wildman–Crippen MR) is 89.2 cm³/mol. The number of hydrogen-bond acceptors (Lipinski definition) is 1. The zero-order valence-electron chi connectivity index (χ0n) is 8.95. The van der Waals surface area contributed by atoms with Crippen LogP contribution < -0.4 is 0 Å². The van der Waals surface area contributed by atoms with Crippen molar-refractivity contribution in [2.75, 3.05) is 0 Å². The fourth-order valence-electron chi connectivity index (χ4n) is 1.58. The van der Waals surface area contributed by atoms with E-state index >= 15 is 0 Å². The normalized spacial score (nSPS) is 10.9. The van der Waals surface area contributed by atoms with Crippen molar-refractivity contribution in [2.24, 2.45) is 0 Å². The van der Waals surface area contributed by atoms with Gasteiger partial charge in [0, 0.05) is 26.1 Å². The Hall–Kier alpha value is 0.530. The lowest BCUT2D eigenvalue weighted by Crippen LogP contribution is -1.89. The lowest BCUT2D eigenvalue weighted by molar-refractivity contribution is 1.46. The van der Waals surface area contributed by atoms with Crippen LogP contribution in [0.25, 0.3) is 11.1 Å². The van der Waals surface area contributed by atoms with Gasteiger partial charge in [0.05, 0.1) is 20.1 Å². The molecular weight excluding hydrogens is 389 g/mol. The highest BCUT2D eigenvalue weighted by Gasteiger charge is 2.22. The minimum absolute atomic E-state index is 0.156. The second-order valence-electron chi connectivity index (χ2n) is 3.58. The molecule has 2 aromatic rings. The van der Waals surface area contributed by atoms with Gasteiger partial charge < -0.3 is 0 Å². The quantitative estimate of drug-likeness (QED) is 0.289. The maximum absolute atomic E-state index is 6.23. The number of hydrogen-bond donors (Lipinski definition) is 1. The molecule has 0 heterocycles. The third kappa shape index (κ3) is 2.80. The summed E-state index contributed by atoms with van der Waals surface area (Å²) in [6.07, 6.45) is 0. The van der Waals surface area contributed by atoms with Crippen LogP contribution in [0.2, 0.25) is 30.1 Å². The Balaban J connectivity index is 2.92. The Labute approximate surface area is 145 Å². The van der Waals surface area contributed by atoms with Crippen molar-refractivity contribution in [1.29, 1.82) is 0 Å². The summed E-state index contributed by atoms with van der Waals surface area (Å²) in [7, 11) is 0. The van der Waals surface area contributed by atoms with Gasteiger partial charge in [0.15, 0.2) is 0 Å². The number of halogens is 6. The fraction of sp³-hybridized carbons (Fsp3) is 0. The van der Waals surface area contributed by atoms with Gasteiger partial charge in [0.1, 0.15) is 0 Å². The standard InChI is InChI=1S/C12H4Cl6S/c13-4-2-1-3-5(14)6(4)7-8(15)10(17)11(18)12(19)9(7)16/h1-3,19H. The van der Waals surface area contributed by atoms with Crippen LogP contribution in [0, 0.1) is 0 Å². The summed E-state index contributed by atoms with van der Waals surface area (Å²) >= 11 is 41.0. The molecule has 0 aliphatic carbocycles. The minimum atomic E-state index is 0.156. The van der Waals surface area contributed by atoms with Gasteiger partial charge in [0.25, 0.3) is 0 Å². The van der Waals surface area contributed by atoms with Crippen LogP contribution in [0.1, 0.15) is 0 Å². The van der Waals surface area contributed by atoms with Gasteiger partial charge in [-0.2, -0.15) is 0 Å². The average molecular weight is 393 g/mol. The summed E-state index contributed by atoms with van der Waals surface area (Å²) in [5, 5.41) is 1.59. The molecular formula is C12H4Cl6S. The molecule has 19 heavy (non-hydrogen) atoms. The Bertz CT molecular complexity index is 618. The van der Waals surface area contributed by atoms with Gasteiger partial charge in [0.2, 0.25) is 0 Å². The van der Waals surface area contributed by atoms with E-state index < -0.39 is 0 Å². The Morgan fingerprint density at radius 3 is 1.68 bits per heavy atom. The van der Waals surface area contributed by atoms with Gasteiger partial charge in [-0.25, -0.2) is 0 Å². The molecule has 7 heteroatoms. The number of benzene rings is 2. The van der Waals surface area contributed by atoms with Gasteiger partial charge >= 0.3 is 0 Å². The Morgan fingerprint density at radius 1 is 0.632 bits per heavy atom. The molecule has 0 fully saturated rings. The first-order valence-electron chi connectivity index (χ1n) is 4.85. The van der Waals surface area contributed by atoms with Crippen molar-refractivity contribution >= 4 is 82.2 Å². The third-order valence-electron chi connectivity index (χ3n) is 2.45. The lowest BCUT2D eigenvalue weighted by Gasteiger charge is -2.15. The maximum Gasteiger partial charge on any atom is 0.0797 e. The highest BCUT2D eigenvalue weighted by Crippen LogP contribution is 2.50. The van der Waals surface area contributed by atoms with E-state index in [2.05, 4.69) is 12.6 Å². The number of rotatable bonds is 1. The van der Waals surface area contributed by atoms with E-state index in [1.807, 2.05) is 0 Å². The van der Waals surface area contributed by atoms with Crippen molar-refractivity contribution in [3.63, 3.8) is 0 Å². The van der Waals surface area contributed by atoms with Crippen LogP contribution in [-0.4, -0.2) is 0 Å². The van der Waals surface area contributed by atoms with Crippen molar-refractivity contribution in [3.8, 4) is 11.1 Å². The van der Waals surface area contributed by atoms with Crippen LogP contribution in [0.3, 0.4) is 0 Å². The molecule has 100 valence electrons. The topological polar surface area (TPSA) is 0 Å². The van der Waals surface area contributed by atoms with E-state index in [9.17, 15) is 0 Å². The van der Waals surface area contributed by atoms with Crippen molar-refractivity contribution in [3.05, 3.63) is 48.3 Å². The van der Waals surface area contributed by atoms with Crippen LogP contribution >= 0.6 is 82.2 Å². The molecule has 0 nitrogen and oxygen atoms in total. The summed E-state index contributed by atoms with van der Waals surface area (Å²) in [5.74, 6) is 0. The molecule has 0 spiro atoms. The lowest BCUT2D eigenvalue weighted by atomic mass is 10.1. The molecule has 2 rings (SSSR count). The smallest absolute Gasteiger partial charge is 0.0797 e. The van der Waals surface area contributed by atoms with Gasteiger partial charge in [-0.05, 0) is 12.1 Å². The van der Waals surface area contributed by atoms with Crippen LogP contribution in [-0.2, 0) is 0 Å². The minimum Gasteiger partial charge on any atom is -0.140 e. The van der Waals surface area contributed by atoms with Crippen molar-refractivity contribution in [2.45, 2.75) is 4.90 Å². The second-order valence-corrected chi connectivity index (χ2v) is 6.35. The van der Waals surface area contributed by atoms with Gasteiger partial charge in [-0.3, -0.25) is 0 Å². The first-order chi connectivity index (χ1) is 8.86. The molecule has 0 saturated heterocycles. The Kier molecular flexibility index (Phi) is 5.12. The summed E-state index contributed by atoms with van der Waals surface area (Å²) < 4.78 is 0. The highest BCUT2D eigenvalue weighted by molar-refractivity contribution is 7.80. The fourth-order valence-corrected chi connectivity index (χ4v) is 3.54. The summed E-state index contributed by atoms with van der Waals surface area (Å²) in [4.78, 5) is 0.323. The van der Waals surface area contributed by atoms with E-state index in [0.29, 0.717) is 26.1 Å². The highest BCUT2D eigenvalue weighted by atomic mass is 35.5. The largest absolute Gasteiger partial charge is 0.140 e. The third-order valence-corrected chi connectivity index (χ3v) is 5.50. The molecule has 0 aliphatic rings. The summed E-state index contributed by atoms with van der Waals surface area (Å²) in [6, 6.07) is 5.07. The average Bonchev–Trinajstić information content (AvgIpc) is 2.37. The molecule has 0 aromatic heterocycles. The maximum atomic E-state index is 6.23. The van der Waals surface area contributed by atoms with Crippen molar-refractivity contribution < 1.29 is 0 Å². The monoisotopic (exact) mass is 390 g/mol. The van der Waals surface area contributed by atoms with Crippen LogP contribution in [0.5, 0.6) is 0 Å². The second kappa shape index (κ2) is 6.11. The van der Waals surface area contributed by atoms with Crippen LogP contribution in [0.4, 0.5) is 0 Å². The summed E-state index contributed by atoms with van der Waals surface area (Å²) in [6.45, 7) is 0. The molecule has 0 N–H and O–H groups in total. The predicted octanol–water partition coefficient (Wildman–Crippen LogP) is 7.56. The van der Waals surface area contributed by atoms with E-state index in [4.69, 9.17) is 69.6 Å². The zero-order chi connectivity index (χ0) is 14.3. The van der Waals surface area contributed by atoms with E-state index in [1.165, 1.54) is 0 Å². The first-order valence-corrected chi connectivity index (χ1v) is 7.57. The molecule has 0 atom stereocenters. The van der Waals surface area contributed by atoms with Gasteiger partial charge in [-0.1, -0.05) is 75.7 Å². The first kappa shape index (κ1) is 15.9. The zero-order valence-corrected chi connectivity index (χ0v) is 14.4. The van der Waals surface area contributed by atoms with Gasteiger partial charge in [-0.15, -0.1) is 12.6 Å². The molecule has 0 radical (unpaired) electrons. The molecule has 0 aliphatic heterocycles. The molecule has 2 aromatic carbocycles.